The molecule has 3 heterocycles. The van der Waals surface area contributed by atoms with E-state index >= 15 is 0 Å². The average molecular weight is 587 g/mol. The smallest absolute Gasteiger partial charge is 0.240 e. The summed E-state index contributed by atoms with van der Waals surface area (Å²) in [6.07, 6.45) is 2.99. The second kappa shape index (κ2) is 12.4. The van der Waals surface area contributed by atoms with E-state index in [-0.39, 0.29) is 23.8 Å². The minimum atomic E-state index is -0.857. The molecule has 216 valence electrons. The SMILES string of the molecule is CC(C)CC1NC(C(=O)N2CCN(CC(=O)N3CCCC3)CC2)C(c2cccc(Cl)c2)C1(N)c1ccc(Cl)cc1. The number of likely N-dealkylation sites (tertiary alicyclic amines) is 1. The number of carbonyl (C=O) groups is 2. The molecule has 4 unspecified atom stereocenters. The van der Waals surface area contributed by atoms with Crippen molar-refractivity contribution in [3.63, 3.8) is 0 Å². The monoisotopic (exact) mass is 585 g/mol. The molecule has 4 atom stereocenters. The van der Waals surface area contributed by atoms with Crippen LogP contribution in [0.4, 0.5) is 0 Å². The number of nitrogens with one attached hydrogen (secondary N) is 1. The van der Waals surface area contributed by atoms with Crippen LogP contribution < -0.4 is 11.1 Å². The van der Waals surface area contributed by atoms with Crippen LogP contribution in [0.15, 0.2) is 48.5 Å². The van der Waals surface area contributed by atoms with Crippen molar-refractivity contribution in [2.75, 3.05) is 45.8 Å². The van der Waals surface area contributed by atoms with Gasteiger partial charge in [-0.15, -0.1) is 0 Å². The topological polar surface area (TPSA) is 81.9 Å². The summed E-state index contributed by atoms with van der Waals surface area (Å²) in [6, 6.07) is 14.8. The van der Waals surface area contributed by atoms with Crippen molar-refractivity contribution < 1.29 is 9.59 Å². The summed E-state index contributed by atoms with van der Waals surface area (Å²) in [5.41, 5.74) is 8.50. The van der Waals surface area contributed by atoms with E-state index < -0.39 is 11.6 Å². The molecule has 0 bridgehead atoms. The Labute approximate surface area is 248 Å². The van der Waals surface area contributed by atoms with E-state index in [1.807, 2.05) is 58.3 Å². The lowest BCUT2D eigenvalue weighted by Gasteiger charge is -2.39. The van der Waals surface area contributed by atoms with Crippen LogP contribution in [0.1, 0.15) is 50.2 Å². The van der Waals surface area contributed by atoms with Gasteiger partial charge in [0.1, 0.15) is 0 Å². The highest BCUT2D eigenvalue weighted by atomic mass is 35.5. The van der Waals surface area contributed by atoms with Crippen molar-refractivity contribution >= 4 is 35.0 Å². The minimum absolute atomic E-state index is 0.0468. The maximum atomic E-state index is 14.3. The highest BCUT2D eigenvalue weighted by Crippen LogP contribution is 2.47. The number of piperazine rings is 1. The molecule has 0 spiro atoms. The summed E-state index contributed by atoms with van der Waals surface area (Å²) >= 11 is 12.7. The molecule has 3 fully saturated rings. The molecule has 40 heavy (non-hydrogen) atoms. The van der Waals surface area contributed by atoms with E-state index in [0.717, 1.165) is 43.5 Å². The van der Waals surface area contributed by atoms with E-state index in [4.69, 9.17) is 28.9 Å². The highest BCUT2D eigenvalue weighted by Gasteiger charge is 2.57. The molecule has 0 aliphatic carbocycles. The standard InChI is InChI=1S/C31H41Cl2N5O2/c1-21(2)18-26-31(34,23-8-10-24(32)11-9-23)28(22-6-5-7-25(33)19-22)29(35-26)30(40)38-16-14-36(15-17-38)20-27(39)37-12-3-4-13-37/h5-11,19,21,26,28-29,35H,3-4,12-18,20,34H2,1-2H3. The summed E-state index contributed by atoms with van der Waals surface area (Å²) in [5, 5.41) is 4.97. The maximum Gasteiger partial charge on any atom is 0.240 e. The van der Waals surface area contributed by atoms with Crippen molar-refractivity contribution in [2.24, 2.45) is 11.7 Å². The van der Waals surface area contributed by atoms with Crippen LogP contribution >= 0.6 is 23.2 Å². The Morgan fingerprint density at radius 1 is 0.950 bits per heavy atom. The lowest BCUT2D eigenvalue weighted by atomic mass is 9.70. The Balaban J connectivity index is 1.41. The Hall–Kier alpha value is -2.16. The summed E-state index contributed by atoms with van der Waals surface area (Å²) in [4.78, 5) is 33.0. The van der Waals surface area contributed by atoms with Gasteiger partial charge >= 0.3 is 0 Å². The summed E-state index contributed by atoms with van der Waals surface area (Å²) in [7, 11) is 0. The van der Waals surface area contributed by atoms with Crippen LogP contribution in [0.2, 0.25) is 10.0 Å². The molecule has 7 nitrogen and oxygen atoms in total. The molecule has 2 amide bonds. The number of hydrogen-bond acceptors (Lipinski definition) is 5. The van der Waals surface area contributed by atoms with Gasteiger partial charge in [-0.05, 0) is 60.6 Å². The molecule has 3 saturated heterocycles. The summed E-state index contributed by atoms with van der Waals surface area (Å²) < 4.78 is 0. The lowest BCUT2D eigenvalue weighted by Crippen LogP contribution is -2.55. The zero-order chi connectivity index (χ0) is 28.4. The molecule has 0 aromatic heterocycles. The van der Waals surface area contributed by atoms with Crippen molar-refractivity contribution in [3.05, 3.63) is 69.7 Å². The average Bonchev–Trinajstić information content (AvgIpc) is 3.57. The Morgan fingerprint density at radius 3 is 2.25 bits per heavy atom. The van der Waals surface area contributed by atoms with E-state index in [0.29, 0.717) is 48.7 Å². The molecule has 0 radical (unpaired) electrons. The van der Waals surface area contributed by atoms with Gasteiger partial charge in [0.05, 0.1) is 18.1 Å². The zero-order valence-electron chi connectivity index (χ0n) is 23.5. The Morgan fingerprint density at radius 2 is 1.62 bits per heavy atom. The van der Waals surface area contributed by atoms with Gasteiger partial charge in [-0.2, -0.15) is 0 Å². The fraction of sp³-hybridized carbons (Fsp3) is 0.548. The fourth-order valence-electron chi connectivity index (χ4n) is 6.76. The Bertz CT molecular complexity index is 1190. The number of amides is 2. The van der Waals surface area contributed by atoms with Gasteiger partial charge in [0.15, 0.2) is 0 Å². The highest BCUT2D eigenvalue weighted by molar-refractivity contribution is 6.30. The minimum Gasteiger partial charge on any atom is -0.342 e. The number of hydrogen-bond donors (Lipinski definition) is 2. The molecule has 3 aliphatic heterocycles. The van der Waals surface area contributed by atoms with Gasteiger partial charge < -0.3 is 20.9 Å². The maximum absolute atomic E-state index is 14.3. The quantitative estimate of drug-likeness (QED) is 0.511. The first-order valence-corrected chi connectivity index (χ1v) is 15.3. The predicted molar refractivity (Wildman–Crippen MR) is 161 cm³/mol. The molecule has 2 aromatic carbocycles. The zero-order valence-corrected chi connectivity index (χ0v) is 25.0. The number of carbonyl (C=O) groups excluding carboxylic acids is 2. The molecular formula is C31H41Cl2N5O2. The Kier molecular flexibility index (Phi) is 9.08. The van der Waals surface area contributed by atoms with Crippen LogP contribution in [-0.4, -0.2) is 84.4 Å². The van der Waals surface area contributed by atoms with Crippen molar-refractivity contribution in [1.29, 1.82) is 0 Å². The molecular weight excluding hydrogens is 545 g/mol. The molecule has 9 heteroatoms. The number of rotatable bonds is 7. The first-order valence-electron chi connectivity index (χ1n) is 14.5. The van der Waals surface area contributed by atoms with Gasteiger partial charge in [0, 0.05) is 61.3 Å². The van der Waals surface area contributed by atoms with Gasteiger partial charge in [0.2, 0.25) is 11.8 Å². The first-order chi connectivity index (χ1) is 19.2. The second-order valence-electron chi connectivity index (χ2n) is 12.0. The lowest BCUT2D eigenvalue weighted by molar-refractivity contribution is -0.136. The number of nitrogens with zero attached hydrogens (tertiary/aromatic N) is 3. The van der Waals surface area contributed by atoms with E-state index in [2.05, 4.69) is 24.1 Å². The van der Waals surface area contributed by atoms with E-state index in [1.54, 1.807) is 0 Å². The summed E-state index contributed by atoms with van der Waals surface area (Å²) in [5.74, 6) is 0.283. The van der Waals surface area contributed by atoms with Gasteiger partial charge in [-0.25, -0.2) is 0 Å². The molecule has 5 rings (SSSR count). The van der Waals surface area contributed by atoms with Crippen LogP contribution in [0.25, 0.3) is 0 Å². The second-order valence-corrected chi connectivity index (χ2v) is 12.9. The third-order valence-electron chi connectivity index (χ3n) is 8.83. The van der Waals surface area contributed by atoms with E-state index in [9.17, 15) is 9.59 Å². The predicted octanol–water partition coefficient (Wildman–Crippen LogP) is 4.08. The van der Waals surface area contributed by atoms with E-state index in [1.165, 1.54) is 0 Å². The molecule has 3 aliphatic rings. The van der Waals surface area contributed by atoms with Gasteiger partial charge in [0.25, 0.3) is 0 Å². The molecule has 0 saturated carbocycles. The van der Waals surface area contributed by atoms with Crippen LogP contribution in [0.5, 0.6) is 0 Å². The third-order valence-corrected chi connectivity index (χ3v) is 9.32. The molecule has 3 N–H and O–H groups in total. The largest absolute Gasteiger partial charge is 0.342 e. The van der Waals surface area contributed by atoms with Crippen molar-refractivity contribution in [2.45, 2.75) is 56.7 Å². The van der Waals surface area contributed by atoms with Crippen molar-refractivity contribution in [1.82, 2.24) is 20.0 Å². The third kappa shape index (κ3) is 6.04. The fourth-order valence-corrected chi connectivity index (χ4v) is 7.08. The van der Waals surface area contributed by atoms with Gasteiger partial charge in [-0.1, -0.05) is 61.3 Å². The van der Waals surface area contributed by atoms with Gasteiger partial charge in [-0.3, -0.25) is 14.5 Å². The number of halogens is 2. The number of nitrogens with two attached hydrogens (primary N) is 1. The van der Waals surface area contributed by atoms with Crippen molar-refractivity contribution in [3.8, 4) is 0 Å². The normalized spacial score (nSPS) is 27.5. The number of benzene rings is 2. The van der Waals surface area contributed by atoms with Crippen LogP contribution in [-0.2, 0) is 15.1 Å². The summed E-state index contributed by atoms with van der Waals surface area (Å²) in [6.45, 7) is 9.03. The molecule has 2 aromatic rings. The van der Waals surface area contributed by atoms with Crippen LogP contribution in [0.3, 0.4) is 0 Å². The first kappa shape index (κ1) is 29.3. The van der Waals surface area contributed by atoms with Crippen LogP contribution in [0, 0.1) is 5.92 Å².